The highest BCUT2D eigenvalue weighted by Crippen LogP contribution is 2.48. The van der Waals surface area contributed by atoms with Crippen molar-refractivity contribution in [1.29, 1.82) is 0 Å². The van der Waals surface area contributed by atoms with Crippen LogP contribution in [0.25, 0.3) is 0 Å². The van der Waals surface area contributed by atoms with Gasteiger partial charge >= 0.3 is 0 Å². The highest BCUT2D eigenvalue weighted by atomic mass is 19.1. The van der Waals surface area contributed by atoms with Crippen molar-refractivity contribution < 1.29 is 4.39 Å². The van der Waals surface area contributed by atoms with Crippen LogP contribution in [0.4, 0.5) is 10.1 Å². The molecule has 1 saturated carbocycles. The Labute approximate surface area is 83.6 Å². The Morgan fingerprint density at radius 1 is 1.50 bits per heavy atom. The van der Waals surface area contributed by atoms with Crippen molar-refractivity contribution in [3.63, 3.8) is 0 Å². The average molecular weight is 194 g/mol. The van der Waals surface area contributed by atoms with Crippen LogP contribution in [0.2, 0.25) is 0 Å². The lowest BCUT2D eigenvalue weighted by Gasteiger charge is -2.21. The van der Waals surface area contributed by atoms with Gasteiger partial charge in [0.1, 0.15) is 5.82 Å². The number of aromatic nitrogens is 1. The molecule has 0 aromatic carbocycles. The summed E-state index contributed by atoms with van der Waals surface area (Å²) < 4.78 is 12.8. The molecular formula is C11H15FN2. The van der Waals surface area contributed by atoms with E-state index >= 15 is 0 Å². The van der Waals surface area contributed by atoms with Gasteiger partial charge in [0.2, 0.25) is 0 Å². The fraction of sp³-hybridized carbons (Fsp3) is 0.545. The van der Waals surface area contributed by atoms with E-state index in [1.54, 1.807) is 6.20 Å². The van der Waals surface area contributed by atoms with Crippen molar-refractivity contribution in [3.8, 4) is 0 Å². The monoisotopic (exact) mass is 194 g/mol. The number of nitrogens with zero attached hydrogens (tertiary/aromatic N) is 1. The maximum absolute atomic E-state index is 12.8. The normalized spacial score (nSPS) is 20.2. The van der Waals surface area contributed by atoms with Crippen molar-refractivity contribution in [1.82, 2.24) is 4.98 Å². The molecule has 14 heavy (non-hydrogen) atoms. The highest BCUT2D eigenvalue weighted by Gasteiger charge is 2.42. The van der Waals surface area contributed by atoms with Crippen molar-refractivity contribution in [2.45, 2.75) is 32.7 Å². The predicted octanol–water partition coefficient (Wildman–Crippen LogP) is 2.82. The molecule has 1 aliphatic rings. The van der Waals surface area contributed by atoms with Crippen LogP contribution in [0.1, 0.15) is 26.7 Å². The standard InChI is InChI=1S/C11H15FN2/c1-8(11(2)3-4-11)14-10-5-9(12)6-13-7-10/h5-8,14H,3-4H2,1-2H3. The zero-order valence-electron chi connectivity index (χ0n) is 8.55. The molecule has 1 aromatic heterocycles. The van der Waals surface area contributed by atoms with E-state index in [2.05, 4.69) is 24.1 Å². The molecule has 3 heteroatoms. The van der Waals surface area contributed by atoms with Crippen molar-refractivity contribution in [3.05, 3.63) is 24.3 Å². The Bertz CT molecular complexity index is 334. The topological polar surface area (TPSA) is 24.9 Å². The zero-order chi connectivity index (χ0) is 10.2. The minimum atomic E-state index is -0.289. The Hall–Kier alpha value is -1.12. The molecule has 0 aliphatic heterocycles. The summed E-state index contributed by atoms with van der Waals surface area (Å²) >= 11 is 0. The largest absolute Gasteiger partial charge is 0.381 e. The summed E-state index contributed by atoms with van der Waals surface area (Å²) in [6.07, 6.45) is 5.38. The molecule has 1 unspecified atom stereocenters. The van der Waals surface area contributed by atoms with Gasteiger partial charge in [0, 0.05) is 12.1 Å². The molecule has 0 bridgehead atoms. The molecule has 1 fully saturated rings. The first-order valence-corrected chi connectivity index (χ1v) is 4.97. The molecule has 1 aromatic rings. The van der Waals surface area contributed by atoms with Crippen LogP contribution in [-0.2, 0) is 0 Å². The van der Waals surface area contributed by atoms with E-state index < -0.39 is 0 Å². The number of hydrogen-bond donors (Lipinski definition) is 1. The minimum Gasteiger partial charge on any atom is -0.381 e. The van der Waals surface area contributed by atoms with E-state index in [0.717, 1.165) is 5.69 Å². The van der Waals surface area contributed by atoms with Crippen molar-refractivity contribution >= 4 is 5.69 Å². The first kappa shape index (κ1) is 9.44. The summed E-state index contributed by atoms with van der Waals surface area (Å²) in [5, 5.41) is 3.28. The fourth-order valence-corrected chi connectivity index (χ4v) is 1.55. The zero-order valence-corrected chi connectivity index (χ0v) is 8.55. The average Bonchev–Trinajstić information content (AvgIpc) is 2.85. The van der Waals surface area contributed by atoms with Crippen molar-refractivity contribution in [2.75, 3.05) is 5.32 Å². The van der Waals surface area contributed by atoms with Crippen LogP contribution >= 0.6 is 0 Å². The van der Waals surface area contributed by atoms with Gasteiger partial charge in [-0.15, -0.1) is 0 Å². The van der Waals surface area contributed by atoms with Gasteiger partial charge in [0.15, 0.2) is 0 Å². The number of halogens is 1. The Morgan fingerprint density at radius 3 is 2.79 bits per heavy atom. The molecule has 0 amide bonds. The first-order chi connectivity index (χ1) is 6.60. The van der Waals surface area contributed by atoms with E-state index in [0.29, 0.717) is 11.5 Å². The number of rotatable bonds is 3. The van der Waals surface area contributed by atoms with Gasteiger partial charge in [0.25, 0.3) is 0 Å². The van der Waals surface area contributed by atoms with Crippen LogP contribution in [0.15, 0.2) is 18.5 Å². The van der Waals surface area contributed by atoms with E-state index in [1.807, 2.05) is 0 Å². The van der Waals surface area contributed by atoms with Crippen LogP contribution in [0, 0.1) is 11.2 Å². The number of nitrogens with one attached hydrogen (secondary N) is 1. The lowest BCUT2D eigenvalue weighted by Crippen LogP contribution is -2.24. The van der Waals surface area contributed by atoms with E-state index in [-0.39, 0.29) is 5.82 Å². The van der Waals surface area contributed by atoms with Gasteiger partial charge < -0.3 is 5.32 Å². The van der Waals surface area contributed by atoms with Gasteiger partial charge in [-0.05, 0) is 25.2 Å². The first-order valence-electron chi connectivity index (χ1n) is 4.97. The van der Waals surface area contributed by atoms with Gasteiger partial charge in [0.05, 0.1) is 18.1 Å². The number of anilines is 1. The van der Waals surface area contributed by atoms with Crippen LogP contribution in [0.5, 0.6) is 0 Å². The lowest BCUT2D eigenvalue weighted by molar-refractivity contribution is 0.492. The minimum absolute atomic E-state index is 0.289. The Kier molecular flexibility index (Phi) is 2.17. The second-order valence-electron chi connectivity index (χ2n) is 4.41. The van der Waals surface area contributed by atoms with E-state index in [9.17, 15) is 4.39 Å². The number of hydrogen-bond acceptors (Lipinski definition) is 2. The molecule has 1 N–H and O–H groups in total. The molecule has 0 saturated heterocycles. The van der Waals surface area contributed by atoms with Crippen LogP contribution < -0.4 is 5.32 Å². The van der Waals surface area contributed by atoms with Crippen LogP contribution in [0.3, 0.4) is 0 Å². The second-order valence-corrected chi connectivity index (χ2v) is 4.41. The molecule has 2 nitrogen and oxygen atoms in total. The van der Waals surface area contributed by atoms with Gasteiger partial charge in [-0.2, -0.15) is 0 Å². The van der Waals surface area contributed by atoms with E-state index in [1.165, 1.54) is 25.1 Å². The smallest absolute Gasteiger partial charge is 0.143 e. The third-order valence-electron chi connectivity index (χ3n) is 3.17. The summed E-state index contributed by atoms with van der Waals surface area (Å²) in [6.45, 7) is 4.38. The molecule has 76 valence electrons. The summed E-state index contributed by atoms with van der Waals surface area (Å²) in [5.74, 6) is -0.289. The second kappa shape index (κ2) is 3.23. The maximum Gasteiger partial charge on any atom is 0.143 e. The van der Waals surface area contributed by atoms with Gasteiger partial charge in [-0.25, -0.2) is 4.39 Å². The summed E-state index contributed by atoms with van der Waals surface area (Å²) in [4.78, 5) is 3.80. The Morgan fingerprint density at radius 2 is 2.21 bits per heavy atom. The molecule has 1 aliphatic carbocycles. The molecular weight excluding hydrogens is 179 g/mol. The highest BCUT2D eigenvalue weighted by molar-refractivity contribution is 5.42. The molecule has 0 spiro atoms. The number of pyridine rings is 1. The fourth-order valence-electron chi connectivity index (χ4n) is 1.55. The summed E-state index contributed by atoms with van der Waals surface area (Å²) in [6, 6.07) is 1.86. The molecule has 0 radical (unpaired) electrons. The lowest BCUT2D eigenvalue weighted by atomic mass is 10.0. The SMILES string of the molecule is CC(Nc1cncc(F)c1)C1(C)CC1. The maximum atomic E-state index is 12.8. The predicted molar refractivity (Wildman–Crippen MR) is 54.6 cm³/mol. The van der Waals surface area contributed by atoms with E-state index in [4.69, 9.17) is 0 Å². The third-order valence-corrected chi connectivity index (χ3v) is 3.17. The summed E-state index contributed by atoms with van der Waals surface area (Å²) in [7, 11) is 0. The molecule has 1 atom stereocenters. The van der Waals surface area contributed by atoms with Crippen LogP contribution in [-0.4, -0.2) is 11.0 Å². The van der Waals surface area contributed by atoms with Crippen molar-refractivity contribution in [2.24, 2.45) is 5.41 Å². The third kappa shape index (κ3) is 1.86. The molecule has 2 rings (SSSR count). The molecule has 1 heterocycles. The summed E-state index contributed by atoms with van der Waals surface area (Å²) in [5.41, 5.74) is 1.16. The van der Waals surface area contributed by atoms with Gasteiger partial charge in [-0.3, -0.25) is 4.98 Å². The van der Waals surface area contributed by atoms with Gasteiger partial charge in [-0.1, -0.05) is 6.92 Å². The Balaban J connectivity index is 2.03. The quantitative estimate of drug-likeness (QED) is 0.800.